The number of carbonyl (C=O) groups is 2. The SMILES string of the molecule is CCCCNC(=O)[C@H](C)N(Cc1c(Cl)cccc1Cl)C(=O)CCc1ccc2c(c1)OCO2. The summed E-state index contributed by atoms with van der Waals surface area (Å²) in [7, 11) is 0. The van der Waals surface area contributed by atoms with Crippen LogP contribution in [0.25, 0.3) is 0 Å². The number of fused-ring (bicyclic) bond motifs is 1. The third kappa shape index (κ3) is 6.08. The number of nitrogens with one attached hydrogen (secondary N) is 1. The van der Waals surface area contributed by atoms with E-state index in [-0.39, 0.29) is 31.6 Å². The van der Waals surface area contributed by atoms with Gasteiger partial charge < -0.3 is 19.7 Å². The topological polar surface area (TPSA) is 67.9 Å². The van der Waals surface area contributed by atoms with Crippen LogP contribution in [0.5, 0.6) is 11.5 Å². The van der Waals surface area contributed by atoms with E-state index in [4.69, 9.17) is 32.7 Å². The van der Waals surface area contributed by atoms with Gasteiger partial charge in [0.2, 0.25) is 18.6 Å². The Morgan fingerprint density at radius 1 is 1.12 bits per heavy atom. The van der Waals surface area contributed by atoms with Crippen molar-refractivity contribution in [2.45, 2.75) is 52.1 Å². The third-order valence-electron chi connectivity index (χ3n) is 5.45. The van der Waals surface area contributed by atoms with E-state index < -0.39 is 6.04 Å². The van der Waals surface area contributed by atoms with Crippen molar-refractivity contribution in [1.29, 1.82) is 0 Å². The summed E-state index contributed by atoms with van der Waals surface area (Å²) < 4.78 is 10.8. The molecule has 32 heavy (non-hydrogen) atoms. The van der Waals surface area contributed by atoms with Crippen molar-refractivity contribution in [2.24, 2.45) is 0 Å². The van der Waals surface area contributed by atoms with Crippen LogP contribution in [-0.4, -0.2) is 36.1 Å². The van der Waals surface area contributed by atoms with Crippen LogP contribution >= 0.6 is 23.2 Å². The standard InChI is InChI=1S/C24H28Cl2N2O4/c1-3-4-12-27-24(30)16(2)28(14-18-19(25)6-5-7-20(18)26)23(29)11-9-17-8-10-21-22(13-17)32-15-31-21/h5-8,10,13,16H,3-4,9,11-12,14-15H2,1-2H3,(H,27,30)/t16-/m0/s1. The molecule has 0 saturated heterocycles. The molecular formula is C24H28Cl2N2O4. The molecule has 1 N–H and O–H groups in total. The Balaban J connectivity index is 1.74. The van der Waals surface area contributed by atoms with Gasteiger partial charge >= 0.3 is 0 Å². The first kappa shape index (κ1) is 24.2. The van der Waals surface area contributed by atoms with E-state index in [1.165, 1.54) is 0 Å². The van der Waals surface area contributed by atoms with Crippen LogP contribution in [0.3, 0.4) is 0 Å². The highest BCUT2D eigenvalue weighted by molar-refractivity contribution is 6.36. The lowest BCUT2D eigenvalue weighted by atomic mass is 10.1. The Hall–Kier alpha value is -2.44. The van der Waals surface area contributed by atoms with Crippen molar-refractivity contribution in [3.8, 4) is 11.5 Å². The van der Waals surface area contributed by atoms with E-state index in [1.807, 2.05) is 18.2 Å². The smallest absolute Gasteiger partial charge is 0.242 e. The fourth-order valence-electron chi connectivity index (χ4n) is 3.46. The second kappa shape index (κ2) is 11.4. The summed E-state index contributed by atoms with van der Waals surface area (Å²) in [5, 5.41) is 3.83. The molecule has 0 saturated carbocycles. The van der Waals surface area contributed by atoms with Crippen molar-refractivity contribution in [3.05, 3.63) is 57.6 Å². The van der Waals surface area contributed by atoms with Crippen molar-refractivity contribution < 1.29 is 19.1 Å². The number of amides is 2. The predicted molar refractivity (Wildman–Crippen MR) is 125 cm³/mol. The molecule has 0 spiro atoms. The van der Waals surface area contributed by atoms with Gasteiger partial charge in [0.15, 0.2) is 11.5 Å². The van der Waals surface area contributed by atoms with Crippen LogP contribution in [0.15, 0.2) is 36.4 Å². The lowest BCUT2D eigenvalue weighted by Gasteiger charge is -2.29. The molecule has 3 rings (SSSR count). The maximum atomic E-state index is 13.3. The van der Waals surface area contributed by atoms with Gasteiger partial charge in [-0.25, -0.2) is 0 Å². The first-order valence-corrected chi connectivity index (χ1v) is 11.5. The van der Waals surface area contributed by atoms with Gasteiger partial charge in [-0.1, -0.05) is 48.7 Å². The zero-order valence-electron chi connectivity index (χ0n) is 18.3. The van der Waals surface area contributed by atoms with Crippen LogP contribution in [0, 0.1) is 0 Å². The first-order valence-electron chi connectivity index (χ1n) is 10.8. The number of hydrogen-bond donors (Lipinski definition) is 1. The van der Waals surface area contributed by atoms with E-state index in [1.54, 1.807) is 30.0 Å². The average molecular weight is 479 g/mol. The maximum Gasteiger partial charge on any atom is 0.242 e. The highest BCUT2D eigenvalue weighted by atomic mass is 35.5. The quantitative estimate of drug-likeness (QED) is 0.488. The highest BCUT2D eigenvalue weighted by Crippen LogP contribution is 2.33. The van der Waals surface area contributed by atoms with Crippen molar-refractivity contribution >= 4 is 35.0 Å². The van der Waals surface area contributed by atoms with Gasteiger partial charge in [-0.05, 0) is 49.6 Å². The molecule has 2 amide bonds. The molecule has 1 heterocycles. The Labute approximate surface area is 198 Å². The molecule has 0 fully saturated rings. The lowest BCUT2D eigenvalue weighted by Crippen LogP contribution is -2.48. The number of benzene rings is 2. The summed E-state index contributed by atoms with van der Waals surface area (Å²) in [4.78, 5) is 27.5. The van der Waals surface area contributed by atoms with Crippen molar-refractivity contribution in [1.82, 2.24) is 10.2 Å². The van der Waals surface area contributed by atoms with E-state index >= 15 is 0 Å². The van der Waals surface area contributed by atoms with Crippen molar-refractivity contribution in [3.63, 3.8) is 0 Å². The van der Waals surface area contributed by atoms with Gasteiger partial charge in [-0.15, -0.1) is 0 Å². The van der Waals surface area contributed by atoms with Crippen molar-refractivity contribution in [2.75, 3.05) is 13.3 Å². The number of halogens is 2. The first-order chi connectivity index (χ1) is 15.4. The summed E-state index contributed by atoms with van der Waals surface area (Å²) in [5.74, 6) is 1.03. The number of nitrogens with zero attached hydrogens (tertiary/aromatic N) is 1. The summed E-state index contributed by atoms with van der Waals surface area (Å²) in [6, 6.07) is 10.2. The zero-order chi connectivity index (χ0) is 23.1. The third-order valence-corrected chi connectivity index (χ3v) is 6.16. The van der Waals surface area contributed by atoms with E-state index in [2.05, 4.69) is 12.2 Å². The van der Waals surface area contributed by atoms with Crippen LogP contribution < -0.4 is 14.8 Å². The Kier molecular flexibility index (Phi) is 8.65. The van der Waals surface area contributed by atoms with Gasteiger partial charge in [0.1, 0.15) is 6.04 Å². The molecule has 172 valence electrons. The molecule has 0 aromatic heterocycles. The molecule has 1 aliphatic heterocycles. The number of rotatable bonds is 10. The molecule has 6 nitrogen and oxygen atoms in total. The molecule has 2 aromatic rings. The molecular weight excluding hydrogens is 451 g/mol. The zero-order valence-corrected chi connectivity index (χ0v) is 19.8. The predicted octanol–water partition coefficient (Wildman–Crippen LogP) is 4.99. The Morgan fingerprint density at radius 2 is 1.84 bits per heavy atom. The van der Waals surface area contributed by atoms with E-state index in [9.17, 15) is 9.59 Å². The minimum atomic E-state index is -0.663. The highest BCUT2D eigenvalue weighted by Gasteiger charge is 2.27. The normalized spacial score (nSPS) is 13.0. The molecule has 8 heteroatoms. The van der Waals surface area contributed by atoms with Crippen LogP contribution in [-0.2, 0) is 22.6 Å². The molecule has 0 aliphatic carbocycles. The summed E-state index contributed by atoms with van der Waals surface area (Å²) in [6.45, 7) is 4.72. The average Bonchev–Trinajstić information content (AvgIpc) is 3.25. The fourth-order valence-corrected chi connectivity index (χ4v) is 3.98. The molecule has 0 radical (unpaired) electrons. The monoisotopic (exact) mass is 478 g/mol. The summed E-state index contributed by atoms with van der Waals surface area (Å²) in [6.07, 6.45) is 2.59. The molecule has 1 aliphatic rings. The van der Waals surface area contributed by atoms with Crippen LogP contribution in [0.2, 0.25) is 10.0 Å². The Bertz CT molecular complexity index is 947. The minimum absolute atomic E-state index is 0.154. The number of unbranched alkanes of at least 4 members (excludes halogenated alkanes) is 1. The van der Waals surface area contributed by atoms with E-state index in [0.29, 0.717) is 40.1 Å². The Morgan fingerprint density at radius 3 is 2.56 bits per heavy atom. The number of hydrogen-bond acceptors (Lipinski definition) is 4. The van der Waals surface area contributed by atoms with E-state index in [0.717, 1.165) is 18.4 Å². The van der Waals surface area contributed by atoms with Crippen LogP contribution in [0.4, 0.5) is 0 Å². The molecule has 0 bridgehead atoms. The van der Waals surface area contributed by atoms with Gasteiger partial charge in [0.05, 0.1) is 0 Å². The van der Waals surface area contributed by atoms with Gasteiger partial charge in [-0.3, -0.25) is 9.59 Å². The largest absolute Gasteiger partial charge is 0.454 e. The summed E-state index contributed by atoms with van der Waals surface area (Å²) in [5.41, 5.74) is 1.58. The second-order valence-corrected chi connectivity index (χ2v) is 8.54. The van der Waals surface area contributed by atoms with Gasteiger partial charge in [0, 0.05) is 35.1 Å². The molecule has 0 unspecified atom stereocenters. The number of ether oxygens (including phenoxy) is 2. The number of aryl methyl sites for hydroxylation is 1. The van der Waals surface area contributed by atoms with Gasteiger partial charge in [-0.2, -0.15) is 0 Å². The van der Waals surface area contributed by atoms with Gasteiger partial charge in [0.25, 0.3) is 0 Å². The second-order valence-electron chi connectivity index (χ2n) is 7.73. The van der Waals surface area contributed by atoms with Crippen LogP contribution in [0.1, 0.15) is 44.2 Å². The number of carbonyl (C=O) groups excluding carboxylic acids is 2. The molecule has 2 aromatic carbocycles. The summed E-state index contributed by atoms with van der Waals surface area (Å²) >= 11 is 12.7. The lowest BCUT2D eigenvalue weighted by molar-refractivity contribution is -0.140. The maximum absolute atomic E-state index is 13.3. The molecule has 1 atom stereocenters. The minimum Gasteiger partial charge on any atom is -0.454 e. The fraction of sp³-hybridized carbons (Fsp3) is 0.417.